The minimum atomic E-state index is -3.55. The Kier molecular flexibility index (Phi) is 7.15. The monoisotopic (exact) mass is 429 g/mol. The van der Waals surface area contributed by atoms with Crippen LogP contribution in [0.3, 0.4) is 0 Å². The second kappa shape index (κ2) is 9.62. The van der Waals surface area contributed by atoms with E-state index in [9.17, 15) is 13.2 Å². The van der Waals surface area contributed by atoms with Crippen molar-refractivity contribution in [3.8, 4) is 0 Å². The van der Waals surface area contributed by atoms with Crippen LogP contribution in [0.15, 0.2) is 53.4 Å². The smallest absolute Gasteiger partial charge is 0.317 e. The van der Waals surface area contributed by atoms with E-state index in [2.05, 4.69) is 17.4 Å². The van der Waals surface area contributed by atoms with Crippen LogP contribution in [0.2, 0.25) is 0 Å². The molecule has 2 amide bonds. The highest BCUT2D eigenvalue weighted by Gasteiger charge is 2.31. The molecule has 162 valence electrons. The number of amides is 2. The molecule has 2 aromatic rings. The van der Waals surface area contributed by atoms with Crippen LogP contribution >= 0.6 is 0 Å². The van der Waals surface area contributed by atoms with Crippen molar-refractivity contribution in [1.82, 2.24) is 14.5 Å². The van der Waals surface area contributed by atoms with E-state index < -0.39 is 10.0 Å². The highest BCUT2D eigenvalue weighted by atomic mass is 32.2. The molecule has 0 radical (unpaired) electrons. The summed E-state index contributed by atoms with van der Waals surface area (Å²) in [4.78, 5) is 14.7. The van der Waals surface area contributed by atoms with Gasteiger partial charge in [-0.25, -0.2) is 13.2 Å². The summed E-state index contributed by atoms with van der Waals surface area (Å²) in [5, 5.41) is 3.04. The minimum absolute atomic E-state index is 0.0504. The van der Waals surface area contributed by atoms with E-state index in [1.165, 1.54) is 9.87 Å². The lowest BCUT2D eigenvalue weighted by molar-refractivity contribution is 0.169. The minimum Gasteiger partial charge on any atom is -0.336 e. The van der Waals surface area contributed by atoms with Gasteiger partial charge in [-0.15, -0.1) is 0 Å². The Morgan fingerprint density at radius 3 is 2.37 bits per heavy atom. The van der Waals surface area contributed by atoms with Gasteiger partial charge < -0.3 is 10.2 Å². The maximum atomic E-state index is 13.0. The number of aryl methyl sites for hydroxylation is 3. The number of piperazine rings is 1. The predicted octanol–water partition coefficient (Wildman–Crippen LogP) is 3.34. The first-order valence-corrected chi connectivity index (χ1v) is 11.9. The average Bonchev–Trinajstić information content (AvgIpc) is 2.74. The molecule has 1 heterocycles. The second-order valence-corrected chi connectivity index (χ2v) is 9.94. The van der Waals surface area contributed by atoms with E-state index in [1.807, 2.05) is 51.1 Å². The van der Waals surface area contributed by atoms with E-state index in [0.717, 1.165) is 24.0 Å². The summed E-state index contributed by atoms with van der Waals surface area (Å²) in [6.07, 6.45) is 1.76. The van der Waals surface area contributed by atoms with E-state index in [0.29, 0.717) is 31.1 Å². The molecule has 7 heteroatoms. The quantitative estimate of drug-likeness (QED) is 0.766. The fraction of sp³-hybridized carbons (Fsp3) is 0.435. The number of hydrogen-bond donors (Lipinski definition) is 1. The molecule has 1 fully saturated rings. The summed E-state index contributed by atoms with van der Waals surface area (Å²) in [6, 6.07) is 15.6. The molecule has 1 aliphatic rings. The lowest BCUT2D eigenvalue weighted by atomic mass is 10.1. The van der Waals surface area contributed by atoms with Crippen LogP contribution in [-0.4, -0.2) is 55.9 Å². The number of rotatable bonds is 6. The van der Waals surface area contributed by atoms with Crippen molar-refractivity contribution in [2.75, 3.05) is 26.2 Å². The maximum absolute atomic E-state index is 13.0. The van der Waals surface area contributed by atoms with Crippen molar-refractivity contribution >= 4 is 16.1 Å². The zero-order chi connectivity index (χ0) is 21.7. The van der Waals surface area contributed by atoms with Crippen LogP contribution in [0.4, 0.5) is 4.79 Å². The third-order valence-corrected chi connectivity index (χ3v) is 7.61. The highest BCUT2D eigenvalue weighted by molar-refractivity contribution is 7.89. The number of nitrogens with one attached hydrogen (secondary N) is 1. The van der Waals surface area contributed by atoms with Gasteiger partial charge in [-0.05, 0) is 56.4 Å². The zero-order valence-electron chi connectivity index (χ0n) is 18.0. The molecule has 0 bridgehead atoms. The van der Waals surface area contributed by atoms with Crippen molar-refractivity contribution in [3.63, 3.8) is 0 Å². The molecule has 0 saturated carbocycles. The van der Waals surface area contributed by atoms with Gasteiger partial charge in [0, 0.05) is 32.2 Å². The molecule has 0 unspecified atom stereocenters. The Hall–Kier alpha value is -2.38. The molecule has 1 aliphatic heterocycles. The van der Waals surface area contributed by atoms with Crippen LogP contribution in [-0.2, 0) is 16.4 Å². The molecule has 2 aromatic carbocycles. The normalized spacial score (nSPS) is 16.3. The maximum Gasteiger partial charge on any atom is 0.317 e. The van der Waals surface area contributed by atoms with Gasteiger partial charge in [0.1, 0.15) is 0 Å². The lowest BCUT2D eigenvalue weighted by Crippen LogP contribution is -2.54. The number of urea groups is 1. The van der Waals surface area contributed by atoms with Crippen LogP contribution in [0, 0.1) is 13.8 Å². The fourth-order valence-corrected chi connectivity index (χ4v) is 5.39. The van der Waals surface area contributed by atoms with Crippen LogP contribution in [0.1, 0.15) is 30.0 Å². The average molecular weight is 430 g/mol. The first-order chi connectivity index (χ1) is 14.3. The first-order valence-electron chi connectivity index (χ1n) is 10.4. The number of carbonyl (C=O) groups excluding carboxylic acids is 1. The third kappa shape index (κ3) is 5.40. The number of carbonyl (C=O) groups is 1. The first kappa shape index (κ1) is 22.3. The van der Waals surface area contributed by atoms with Gasteiger partial charge in [0.25, 0.3) is 0 Å². The topological polar surface area (TPSA) is 69.7 Å². The lowest BCUT2D eigenvalue weighted by Gasteiger charge is -2.34. The van der Waals surface area contributed by atoms with Gasteiger partial charge in [-0.3, -0.25) is 0 Å². The molecular weight excluding hydrogens is 398 g/mol. The fourth-order valence-electron chi connectivity index (χ4n) is 3.66. The molecule has 0 spiro atoms. The van der Waals surface area contributed by atoms with E-state index in [1.54, 1.807) is 11.0 Å². The van der Waals surface area contributed by atoms with Gasteiger partial charge in [-0.1, -0.05) is 42.5 Å². The van der Waals surface area contributed by atoms with Gasteiger partial charge >= 0.3 is 6.03 Å². The molecule has 1 atom stereocenters. The Labute approximate surface area is 179 Å². The number of hydrogen-bond acceptors (Lipinski definition) is 3. The summed E-state index contributed by atoms with van der Waals surface area (Å²) < 4.78 is 27.6. The second-order valence-electron chi connectivity index (χ2n) is 8.03. The third-order valence-electron chi connectivity index (χ3n) is 5.57. The van der Waals surface area contributed by atoms with Crippen molar-refractivity contribution in [1.29, 1.82) is 0 Å². The molecule has 30 heavy (non-hydrogen) atoms. The molecule has 0 aliphatic carbocycles. The van der Waals surface area contributed by atoms with E-state index in [-0.39, 0.29) is 12.1 Å². The number of nitrogens with zero attached hydrogens (tertiary/aromatic N) is 2. The van der Waals surface area contributed by atoms with Crippen molar-refractivity contribution in [2.24, 2.45) is 0 Å². The van der Waals surface area contributed by atoms with Gasteiger partial charge in [0.15, 0.2) is 0 Å². The predicted molar refractivity (Wildman–Crippen MR) is 119 cm³/mol. The van der Waals surface area contributed by atoms with E-state index >= 15 is 0 Å². The molecule has 3 rings (SSSR count). The van der Waals surface area contributed by atoms with Crippen LogP contribution in [0.25, 0.3) is 0 Å². The summed E-state index contributed by atoms with van der Waals surface area (Å²) in [5.74, 6) is 0. The zero-order valence-corrected chi connectivity index (χ0v) is 18.8. The largest absolute Gasteiger partial charge is 0.336 e. The molecule has 1 saturated heterocycles. The van der Waals surface area contributed by atoms with Crippen molar-refractivity contribution < 1.29 is 13.2 Å². The Balaban J connectivity index is 1.52. The van der Waals surface area contributed by atoms with Gasteiger partial charge in [-0.2, -0.15) is 4.31 Å². The molecular formula is C23H31N3O3S. The van der Waals surface area contributed by atoms with Crippen LogP contribution in [0.5, 0.6) is 0 Å². The highest BCUT2D eigenvalue weighted by Crippen LogP contribution is 2.22. The molecule has 1 N–H and O–H groups in total. The summed E-state index contributed by atoms with van der Waals surface area (Å²) >= 11 is 0. The Bertz CT molecular complexity index is 968. The number of sulfonamides is 1. The molecule has 0 aromatic heterocycles. The standard InChI is InChI=1S/C23H31N3O3S/c1-18-9-10-19(2)22(17-18)30(28,29)26-15-13-25(14-16-26)23(27)24-20(3)11-12-21-7-5-4-6-8-21/h4-10,17,20H,11-16H2,1-3H3,(H,24,27)/t20-/m1/s1. The van der Waals surface area contributed by atoms with Crippen molar-refractivity contribution in [2.45, 2.75) is 44.6 Å². The Morgan fingerprint density at radius 2 is 1.70 bits per heavy atom. The SMILES string of the molecule is Cc1ccc(C)c(S(=O)(=O)N2CCN(C(=O)N[C@H](C)CCc3ccccc3)CC2)c1. The number of benzene rings is 2. The van der Waals surface area contributed by atoms with Gasteiger partial charge in [0.05, 0.1) is 4.90 Å². The summed E-state index contributed by atoms with van der Waals surface area (Å²) in [5.41, 5.74) is 2.92. The summed E-state index contributed by atoms with van der Waals surface area (Å²) in [7, 11) is -3.55. The Morgan fingerprint density at radius 1 is 1.03 bits per heavy atom. The van der Waals surface area contributed by atoms with Crippen molar-refractivity contribution in [3.05, 3.63) is 65.2 Å². The molecule has 6 nitrogen and oxygen atoms in total. The van der Waals surface area contributed by atoms with Crippen LogP contribution < -0.4 is 5.32 Å². The van der Waals surface area contributed by atoms with E-state index in [4.69, 9.17) is 0 Å². The summed E-state index contributed by atoms with van der Waals surface area (Å²) in [6.45, 7) is 7.10. The van der Waals surface area contributed by atoms with Gasteiger partial charge in [0.2, 0.25) is 10.0 Å².